The highest BCUT2D eigenvalue weighted by Crippen LogP contribution is 2.26. The molecule has 0 bridgehead atoms. The Morgan fingerprint density at radius 1 is 1.03 bits per heavy atom. The van der Waals surface area contributed by atoms with E-state index in [1.54, 1.807) is 23.9 Å². The van der Waals surface area contributed by atoms with Crippen molar-refractivity contribution < 1.29 is 18.0 Å². The highest BCUT2D eigenvalue weighted by Gasteiger charge is 2.30. The Morgan fingerprint density at radius 3 is 2.22 bits per heavy atom. The van der Waals surface area contributed by atoms with E-state index in [2.05, 4.69) is 10.6 Å². The summed E-state index contributed by atoms with van der Waals surface area (Å²) in [7, 11) is -3.59. The first-order chi connectivity index (χ1) is 15.3. The Morgan fingerprint density at radius 2 is 1.66 bits per heavy atom. The fraction of sp³-hybridized carbons (Fsp3) is 0.391. The van der Waals surface area contributed by atoms with Crippen molar-refractivity contribution in [3.8, 4) is 0 Å². The van der Waals surface area contributed by atoms with Gasteiger partial charge in [-0.3, -0.25) is 9.59 Å². The zero-order valence-electron chi connectivity index (χ0n) is 18.3. The second-order valence-electron chi connectivity index (χ2n) is 7.88. The number of nitrogens with zero attached hydrogens (tertiary/aromatic N) is 1. The lowest BCUT2D eigenvalue weighted by Crippen LogP contribution is -2.39. The van der Waals surface area contributed by atoms with E-state index >= 15 is 0 Å². The smallest absolute Gasteiger partial charge is 0.243 e. The third kappa shape index (κ3) is 6.57. The molecule has 2 amide bonds. The molecule has 0 saturated carbocycles. The minimum atomic E-state index is -3.59. The molecule has 0 unspecified atom stereocenters. The molecule has 32 heavy (non-hydrogen) atoms. The number of benzene rings is 2. The summed E-state index contributed by atoms with van der Waals surface area (Å²) >= 11 is 1.68. The predicted molar refractivity (Wildman–Crippen MR) is 127 cm³/mol. The van der Waals surface area contributed by atoms with Gasteiger partial charge in [0, 0.05) is 43.6 Å². The van der Waals surface area contributed by atoms with Crippen molar-refractivity contribution in [2.45, 2.75) is 42.5 Å². The van der Waals surface area contributed by atoms with E-state index in [0.29, 0.717) is 44.6 Å². The molecule has 0 aliphatic carbocycles. The Hall–Kier alpha value is -2.36. The molecular weight excluding hydrogens is 446 g/mol. The topological polar surface area (TPSA) is 95.6 Å². The van der Waals surface area contributed by atoms with Crippen LogP contribution in [0.2, 0.25) is 0 Å². The van der Waals surface area contributed by atoms with Gasteiger partial charge in [-0.1, -0.05) is 12.1 Å². The minimum Gasteiger partial charge on any atom is -0.352 e. The van der Waals surface area contributed by atoms with Crippen LogP contribution in [0.4, 0.5) is 5.69 Å². The number of sulfonamides is 1. The Balaban J connectivity index is 1.47. The van der Waals surface area contributed by atoms with Gasteiger partial charge in [-0.25, -0.2) is 8.42 Å². The molecule has 7 nitrogen and oxygen atoms in total. The molecule has 172 valence electrons. The van der Waals surface area contributed by atoms with Gasteiger partial charge in [-0.05, 0) is 67.0 Å². The number of carbonyl (C=O) groups is 2. The normalized spacial score (nSPS) is 15.3. The number of anilines is 1. The van der Waals surface area contributed by atoms with E-state index in [-0.39, 0.29) is 22.6 Å². The number of rotatable bonds is 8. The number of nitrogens with one attached hydrogen (secondary N) is 2. The Bertz CT molecular complexity index is 1030. The van der Waals surface area contributed by atoms with E-state index in [0.717, 1.165) is 5.56 Å². The molecule has 0 aromatic heterocycles. The van der Waals surface area contributed by atoms with Gasteiger partial charge in [0.25, 0.3) is 0 Å². The molecule has 0 spiro atoms. The van der Waals surface area contributed by atoms with E-state index < -0.39 is 10.0 Å². The largest absolute Gasteiger partial charge is 0.352 e. The summed E-state index contributed by atoms with van der Waals surface area (Å²) in [6.07, 6.45) is 3.73. The van der Waals surface area contributed by atoms with Crippen LogP contribution in [-0.4, -0.2) is 43.9 Å². The minimum absolute atomic E-state index is 0.00573. The van der Waals surface area contributed by atoms with Crippen LogP contribution in [0.25, 0.3) is 0 Å². The summed E-state index contributed by atoms with van der Waals surface area (Å²) in [6, 6.07) is 14.3. The van der Waals surface area contributed by atoms with Gasteiger partial charge in [-0.2, -0.15) is 4.31 Å². The van der Waals surface area contributed by atoms with Crippen molar-refractivity contribution in [2.75, 3.05) is 24.7 Å². The van der Waals surface area contributed by atoms with Crippen molar-refractivity contribution in [3.05, 3.63) is 54.1 Å². The molecular formula is C23H29N3O4S2. The van der Waals surface area contributed by atoms with Gasteiger partial charge >= 0.3 is 0 Å². The van der Waals surface area contributed by atoms with E-state index in [1.807, 2.05) is 30.5 Å². The van der Waals surface area contributed by atoms with Crippen molar-refractivity contribution in [1.29, 1.82) is 0 Å². The van der Waals surface area contributed by atoms with Gasteiger partial charge in [0.1, 0.15) is 0 Å². The maximum atomic E-state index is 12.9. The first-order valence-electron chi connectivity index (χ1n) is 10.6. The fourth-order valence-corrected chi connectivity index (χ4v) is 5.57. The average molecular weight is 476 g/mol. The Labute approximate surface area is 194 Å². The number of hydrogen-bond donors (Lipinski definition) is 2. The van der Waals surface area contributed by atoms with Crippen molar-refractivity contribution in [2.24, 2.45) is 5.92 Å². The number of hydrogen-bond acceptors (Lipinski definition) is 5. The quantitative estimate of drug-likeness (QED) is 0.570. The summed E-state index contributed by atoms with van der Waals surface area (Å²) in [5.74, 6) is -0.0449. The number of piperidine rings is 1. The standard InChI is InChI=1S/C23H29N3O4S2/c1-17(27)25-20-5-9-22(10-6-20)32(29,30)26-13-11-18(12-14-26)15-23(28)24-16-19-3-7-21(31-2)8-4-19/h3-10,18H,11-16H2,1-2H3,(H,24,28)(H,25,27). The molecule has 9 heteroatoms. The van der Waals surface area contributed by atoms with Gasteiger partial charge in [-0.15, -0.1) is 11.8 Å². The lowest BCUT2D eigenvalue weighted by Gasteiger charge is -2.31. The van der Waals surface area contributed by atoms with Crippen LogP contribution in [0, 0.1) is 5.92 Å². The molecule has 0 radical (unpaired) electrons. The summed E-state index contributed by atoms with van der Waals surface area (Å²) in [5, 5.41) is 5.59. The van der Waals surface area contributed by atoms with E-state index in [4.69, 9.17) is 0 Å². The SMILES string of the molecule is CSc1ccc(CNC(=O)CC2CCN(S(=O)(=O)c3ccc(NC(C)=O)cc3)CC2)cc1. The predicted octanol–water partition coefficient (Wildman–Crippen LogP) is 3.47. The Kier molecular flexibility index (Phi) is 8.33. The molecule has 1 heterocycles. The number of carbonyl (C=O) groups excluding carboxylic acids is 2. The van der Waals surface area contributed by atoms with Gasteiger partial charge < -0.3 is 10.6 Å². The number of thioether (sulfide) groups is 1. The molecule has 3 rings (SSSR count). The molecule has 1 aliphatic rings. The fourth-order valence-electron chi connectivity index (χ4n) is 3.69. The van der Waals surface area contributed by atoms with Crippen molar-refractivity contribution >= 4 is 39.3 Å². The summed E-state index contributed by atoms with van der Waals surface area (Å²) in [6.45, 7) is 2.68. The zero-order valence-corrected chi connectivity index (χ0v) is 20.0. The second-order valence-corrected chi connectivity index (χ2v) is 10.7. The maximum absolute atomic E-state index is 12.9. The molecule has 0 atom stereocenters. The van der Waals surface area contributed by atoms with E-state index in [1.165, 1.54) is 28.3 Å². The first kappa shape index (κ1) is 24.3. The monoisotopic (exact) mass is 475 g/mol. The van der Waals surface area contributed by atoms with Crippen LogP contribution in [0.5, 0.6) is 0 Å². The third-order valence-corrected chi connectivity index (χ3v) is 8.17. The average Bonchev–Trinajstić information content (AvgIpc) is 2.78. The highest BCUT2D eigenvalue weighted by molar-refractivity contribution is 7.98. The summed E-state index contributed by atoms with van der Waals surface area (Å²) in [5.41, 5.74) is 1.61. The number of amides is 2. The second kappa shape index (κ2) is 11.0. The summed E-state index contributed by atoms with van der Waals surface area (Å²) in [4.78, 5) is 24.8. The van der Waals surface area contributed by atoms with Gasteiger partial charge in [0.15, 0.2) is 0 Å². The van der Waals surface area contributed by atoms with Crippen LogP contribution < -0.4 is 10.6 Å². The van der Waals surface area contributed by atoms with Crippen molar-refractivity contribution in [3.63, 3.8) is 0 Å². The molecule has 2 aromatic rings. The summed E-state index contributed by atoms with van der Waals surface area (Å²) < 4.78 is 27.3. The molecule has 1 fully saturated rings. The van der Waals surface area contributed by atoms with E-state index in [9.17, 15) is 18.0 Å². The first-order valence-corrected chi connectivity index (χ1v) is 13.2. The third-order valence-electron chi connectivity index (χ3n) is 5.51. The van der Waals surface area contributed by atoms with Crippen LogP contribution in [0.15, 0.2) is 58.3 Å². The van der Waals surface area contributed by atoms with Crippen LogP contribution >= 0.6 is 11.8 Å². The van der Waals surface area contributed by atoms with Crippen LogP contribution in [0.3, 0.4) is 0 Å². The van der Waals surface area contributed by atoms with Crippen LogP contribution in [0.1, 0.15) is 31.7 Å². The molecule has 1 saturated heterocycles. The highest BCUT2D eigenvalue weighted by atomic mass is 32.2. The van der Waals surface area contributed by atoms with Crippen LogP contribution in [-0.2, 0) is 26.2 Å². The van der Waals surface area contributed by atoms with Gasteiger partial charge in [0.2, 0.25) is 21.8 Å². The lowest BCUT2D eigenvalue weighted by molar-refractivity contribution is -0.122. The van der Waals surface area contributed by atoms with Gasteiger partial charge in [0.05, 0.1) is 4.90 Å². The molecule has 2 aromatic carbocycles. The molecule has 2 N–H and O–H groups in total. The zero-order chi connectivity index (χ0) is 23.1. The lowest BCUT2D eigenvalue weighted by atomic mass is 9.94. The van der Waals surface area contributed by atoms with Crippen molar-refractivity contribution in [1.82, 2.24) is 9.62 Å². The molecule has 1 aliphatic heterocycles. The maximum Gasteiger partial charge on any atom is 0.243 e.